The van der Waals surface area contributed by atoms with Crippen LogP contribution in [0.25, 0.3) is 21.7 Å². The fourth-order valence-corrected chi connectivity index (χ4v) is 6.65. The Kier molecular flexibility index (Phi) is 9.37. The Bertz CT molecular complexity index is 2020. The highest BCUT2D eigenvalue weighted by molar-refractivity contribution is 7.16. The second kappa shape index (κ2) is 14.1. The summed E-state index contributed by atoms with van der Waals surface area (Å²) in [6.45, 7) is 0.418. The summed E-state index contributed by atoms with van der Waals surface area (Å²) < 4.78 is 1.55. The molecule has 234 valence electrons. The lowest BCUT2D eigenvalue weighted by Crippen LogP contribution is -2.48. The van der Waals surface area contributed by atoms with E-state index < -0.39 is 0 Å². The van der Waals surface area contributed by atoms with Gasteiger partial charge < -0.3 is 15.2 Å². The third kappa shape index (κ3) is 7.22. The lowest BCUT2D eigenvalue weighted by atomic mass is 9.90. The summed E-state index contributed by atoms with van der Waals surface area (Å²) in [5, 5.41) is 25.4. The third-order valence-electron chi connectivity index (χ3n) is 8.32. The first-order chi connectivity index (χ1) is 22.9. The summed E-state index contributed by atoms with van der Waals surface area (Å²) in [5.41, 5.74) is 4.48. The fraction of sp³-hybridized carbons (Fsp3) is 0.222. The molecule has 2 aromatic carbocycles. The molecule has 0 aliphatic heterocycles. The quantitative estimate of drug-likeness (QED) is 0.199. The van der Waals surface area contributed by atoms with Crippen LogP contribution in [0, 0.1) is 22.7 Å². The van der Waals surface area contributed by atoms with Crippen LogP contribution < -0.4 is 21.1 Å². The molecular formula is C36H32N8O2S. The van der Waals surface area contributed by atoms with Gasteiger partial charge in [-0.3, -0.25) is 9.69 Å². The summed E-state index contributed by atoms with van der Waals surface area (Å²) in [5.74, 6) is 0.431. The van der Waals surface area contributed by atoms with Crippen LogP contribution in [0.5, 0.6) is 0 Å². The fourth-order valence-electron chi connectivity index (χ4n) is 5.84. The van der Waals surface area contributed by atoms with Crippen molar-refractivity contribution in [3.8, 4) is 33.8 Å². The van der Waals surface area contributed by atoms with Crippen molar-refractivity contribution in [1.82, 2.24) is 19.9 Å². The third-order valence-corrected chi connectivity index (χ3v) is 9.32. The van der Waals surface area contributed by atoms with Gasteiger partial charge in [0.2, 0.25) is 11.5 Å². The molecule has 1 fully saturated rings. The van der Waals surface area contributed by atoms with Gasteiger partial charge in [0, 0.05) is 43.6 Å². The summed E-state index contributed by atoms with van der Waals surface area (Å²) in [4.78, 5) is 37.8. The number of amides is 2. The molecule has 0 radical (unpaired) electrons. The van der Waals surface area contributed by atoms with Crippen LogP contribution in [0.3, 0.4) is 0 Å². The van der Waals surface area contributed by atoms with Gasteiger partial charge in [0.25, 0.3) is 0 Å². The molecule has 1 saturated carbocycles. The van der Waals surface area contributed by atoms with Crippen LogP contribution in [-0.4, -0.2) is 32.6 Å². The highest BCUT2D eigenvalue weighted by Gasteiger charge is 2.30. The molecule has 11 heteroatoms. The van der Waals surface area contributed by atoms with E-state index in [0.29, 0.717) is 28.6 Å². The first-order valence-electron chi connectivity index (χ1n) is 15.3. The van der Waals surface area contributed by atoms with E-state index >= 15 is 0 Å². The Balaban J connectivity index is 1.18. The summed E-state index contributed by atoms with van der Waals surface area (Å²) in [6, 6.07) is 28.8. The van der Waals surface area contributed by atoms with E-state index in [1.165, 1.54) is 17.5 Å². The topological polar surface area (TPSA) is 140 Å². The van der Waals surface area contributed by atoms with Crippen molar-refractivity contribution >= 4 is 29.0 Å². The van der Waals surface area contributed by atoms with Crippen molar-refractivity contribution in [3.05, 3.63) is 118 Å². The number of nitrogens with zero attached hydrogens (tertiary/aromatic N) is 6. The van der Waals surface area contributed by atoms with Crippen molar-refractivity contribution in [2.24, 2.45) is 7.05 Å². The smallest absolute Gasteiger partial charge is 0.322 e. The summed E-state index contributed by atoms with van der Waals surface area (Å²) >= 11 is 1.29. The molecule has 0 bridgehead atoms. The molecule has 3 heterocycles. The lowest BCUT2D eigenvalue weighted by molar-refractivity contribution is 0.240. The molecular weight excluding hydrogens is 609 g/mol. The zero-order valence-corrected chi connectivity index (χ0v) is 26.6. The monoisotopic (exact) mass is 640 g/mol. The maximum Gasteiger partial charge on any atom is 0.322 e. The van der Waals surface area contributed by atoms with Crippen molar-refractivity contribution < 1.29 is 4.79 Å². The van der Waals surface area contributed by atoms with Gasteiger partial charge in [0.1, 0.15) is 22.7 Å². The van der Waals surface area contributed by atoms with E-state index in [9.17, 15) is 20.1 Å². The number of benzene rings is 2. The largest absolute Gasteiger partial charge is 0.351 e. The molecule has 1 aliphatic carbocycles. The minimum atomic E-state index is -0.159. The Morgan fingerprint density at radius 1 is 0.957 bits per heavy atom. The van der Waals surface area contributed by atoms with Gasteiger partial charge in [-0.2, -0.15) is 10.5 Å². The maximum atomic E-state index is 13.8. The van der Waals surface area contributed by atoms with E-state index in [1.807, 2.05) is 59.5 Å². The number of aromatic nitrogens is 3. The van der Waals surface area contributed by atoms with Crippen LogP contribution in [0.1, 0.15) is 41.7 Å². The number of thiophene rings is 1. The maximum absolute atomic E-state index is 13.8. The predicted octanol–water partition coefficient (Wildman–Crippen LogP) is 6.45. The average molecular weight is 641 g/mol. The van der Waals surface area contributed by atoms with Crippen molar-refractivity contribution in [1.29, 1.82) is 10.5 Å². The summed E-state index contributed by atoms with van der Waals surface area (Å²) in [7, 11) is 1.73. The van der Waals surface area contributed by atoms with E-state index in [4.69, 9.17) is 0 Å². The second-order valence-corrected chi connectivity index (χ2v) is 12.5. The average Bonchev–Trinajstić information content (AvgIpc) is 3.60. The molecule has 0 spiro atoms. The van der Waals surface area contributed by atoms with Crippen LogP contribution in [-0.2, 0) is 13.6 Å². The van der Waals surface area contributed by atoms with E-state index in [0.717, 1.165) is 52.9 Å². The molecule has 5 aromatic rings. The number of hydrogen-bond donors (Lipinski definition) is 2. The highest BCUT2D eigenvalue weighted by atomic mass is 32.1. The van der Waals surface area contributed by atoms with Crippen LogP contribution in [0.2, 0.25) is 0 Å². The number of urea groups is 1. The first-order valence-corrected chi connectivity index (χ1v) is 16.2. The van der Waals surface area contributed by atoms with Gasteiger partial charge in [-0.05, 0) is 72.7 Å². The van der Waals surface area contributed by atoms with E-state index in [2.05, 4.69) is 32.7 Å². The Hall–Kier alpha value is -5.78. The number of rotatable bonds is 8. The molecule has 47 heavy (non-hydrogen) atoms. The van der Waals surface area contributed by atoms with Crippen molar-refractivity contribution in [3.63, 3.8) is 0 Å². The predicted molar refractivity (Wildman–Crippen MR) is 183 cm³/mol. The zero-order chi connectivity index (χ0) is 32.8. The van der Waals surface area contributed by atoms with Crippen LogP contribution >= 0.6 is 11.3 Å². The zero-order valence-electron chi connectivity index (χ0n) is 25.8. The Morgan fingerprint density at radius 3 is 2.38 bits per heavy atom. The number of nitriles is 2. The minimum Gasteiger partial charge on any atom is -0.351 e. The lowest BCUT2D eigenvalue weighted by Gasteiger charge is -2.37. The van der Waals surface area contributed by atoms with E-state index in [-0.39, 0.29) is 23.7 Å². The number of anilines is 2. The Morgan fingerprint density at radius 2 is 1.70 bits per heavy atom. The van der Waals surface area contributed by atoms with E-state index in [1.54, 1.807) is 42.1 Å². The number of carbonyl (C=O) groups excluding carboxylic acids is 1. The molecule has 10 nitrogen and oxygen atoms in total. The number of nitrogens with one attached hydrogen (secondary N) is 2. The number of hydrogen-bond acceptors (Lipinski definition) is 8. The molecule has 6 rings (SSSR count). The number of pyridine rings is 1. The summed E-state index contributed by atoms with van der Waals surface area (Å²) in [6.07, 6.45) is 6.43. The molecule has 0 atom stereocenters. The standard InChI is InChI=1S/C36H32N8O2S/c1-43-23-26(9-18-33(43)45)25-7-12-29(13-8-25)44(36(46)40-21-24-5-3-2-4-6-24)30-14-10-28(11-15-30)41-35-39-22-27(19-37)34(42-35)32-17-16-31(20-38)47-32/h2-9,12-13,16-18,22-23,28,30H,10-11,14-15,21H2,1H3,(H,40,46)(H,39,41,42). The molecule has 0 unspecified atom stereocenters. The number of carbonyl (C=O) groups is 1. The van der Waals surface area contributed by atoms with Crippen molar-refractivity contribution in [2.75, 3.05) is 10.2 Å². The second-order valence-electron chi connectivity index (χ2n) is 11.4. The van der Waals surface area contributed by atoms with Crippen molar-refractivity contribution in [2.45, 2.75) is 44.3 Å². The van der Waals surface area contributed by atoms with Gasteiger partial charge in [0.15, 0.2) is 0 Å². The molecule has 1 aliphatic rings. The first kappa shape index (κ1) is 31.2. The van der Waals surface area contributed by atoms with Gasteiger partial charge in [-0.1, -0.05) is 42.5 Å². The molecule has 3 aromatic heterocycles. The van der Waals surface area contributed by atoms with Crippen LogP contribution in [0.15, 0.2) is 96.1 Å². The van der Waals surface area contributed by atoms with Gasteiger partial charge in [-0.15, -0.1) is 11.3 Å². The normalized spacial score (nSPS) is 15.6. The van der Waals surface area contributed by atoms with Gasteiger partial charge >= 0.3 is 6.03 Å². The van der Waals surface area contributed by atoms with Crippen LogP contribution in [0.4, 0.5) is 16.4 Å². The SMILES string of the molecule is Cn1cc(-c2ccc(N(C(=O)NCc3ccccc3)C3CCC(Nc4ncc(C#N)c(-c5ccc(C#N)s5)n4)CC3)cc2)ccc1=O. The minimum absolute atomic E-state index is 0.0276. The Labute approximate surface area is 276 Å². The molecule has 0 saturated heterocycles. The van der Waals surface area contributed by atoms with Gasteiger partial charge in [0.05, 0.1) is 16.6 Å². The van der Waals surface area contributed by atoms with Gasteiger partial charge in [-0.25, -0.2) is 14.8 Å². The molecule has 2 N–H and O–H groups in total. The number of aryl methyl sites for hydroxylation is 1. The highest BCUT2D eigenvalue weighted by Crippen LogP contribution is 2.32. The molecule has 2 amide bonds.